The molecular formula is C28H30ClN9O10S4. The summed E-state index contributed by atoms with van der Waals surface area (Å²) in [5.74, 6) is -4.69. The average molecular weight is 816 g/mol. The molecule has 0 bridgehead atoms. The molecule has 0 radical (unpaired) electrons. The molecule has 2 aliphatic rings. The molecular weight excluding hydrogens is 786 g/mol. The molecule has 3 aromatic rings. The van der Waals surface area contributed by atoms with Gasteiger partial charge < -0.3 is 35.8 Å². The van der Waals surface area contributed by atoms with Crippen LogP contribution in [0.1, 0.15) is 40.9 Å². The highest BCUT2D eigenvalue weighted by Gasteiger charge is 2.57. The summed E-state index contributed by atoms with van der Waals surface area (Å²) < 4.78 is 10.6. The fraction of sp³-hybridized carbons (Fsp3) is 0.357. The summed E-state index contributed by atoms with van der Waals surface area (Å²) >= 11 is 4.81. The van der Waals surface area contributed by atoms with E-state index in [1.54, 1.807) is 6.92 Å². The minimum Gasteiger partial charge on any atom is -0.481 e. The highest BCUT2D eigenvalue weighted by molar-refractivity contribution is 8.01. The second-order valence-corrected chi connectivity index (χ2v) is 15.5. The summed E-state index contributed by atoms with van der Waals surface area (Å²) in [6.45, 7) is 3.96. The molecule has 19 nitrogen and oxygen atoms in total. The van der Waals surface area contributed by atoms with Crippen molar-refractivity contribution in [2.24, 2.45) is 5.41 Å². The fourth-order valence-corrected chi connectivity index (χ4v) is 9.13. The number of rotatable bonds is 11. The van der Waals surface area contributed by atoms with Crippen LogP contribution in [0.2, 0.25) is 0 Å². The number of nitrogen functional groups attached to an aromatic ring is 1. The van der Waals surface area contributed by atoms with E-state index in [0.717, 1.165) is 36.3 Å². The number of carbonyl (C=O) groups is 7. The topological polar surface area (TPSA) is 274 Å². The van der Waals surface area contributed by atoms with Gasteiger partial charge in [-0.05, 0) is 25.1 Å². The Hall–Kier alpha value is -4.71. The molecule has 5 amide bonds. The Balaban J connectivity index is 0.00000605. The number of halogens is 1. The third-order valence-corrected chi connectivity index (χ3v) is 11.8. The Labute approximate surface area is 316 Å². The Morgan fingerprint density at radius 3 is 2.44 bits per heavy atom. The number of carbonyl (C=O) groups excluding carboxylic acids is 6. The van der Waals surface area contributed by atoms with Crippen LogP contribution in [0.25, 0.3) is 0 Å². The number of thioether (sulfide) groups is 2. The number of anilines is 1. The lowest BCUT2D eigenvalue weighted by atomic mass is 9.89. The zero-order valence-electron chi connectivity index (χ0n) is 27.2. The minimum atomic E-state index is -1.46. The summed E-state index contributed by atoms with van der Waals surface area (Å²) in [5.41, 5.74) is 8.71. The molecule has 2 aliphatic heterocycles. The monoisotopic (exact) mass is 815 g/mol. The predicted molar refractivity (Wildman–Crippen MR) is 190 cm³/mol. The number of benzene rings is 1. The molecule has 2 saturated heterocycles. The molecule has 278 valence electrons. The maximum Gasteiger partial charge on any atom is 0.334 e. The number of aliphatic carboxylic acids is 1. The second-order valence-electron chi connectivity index (χ2n) is 11.1. The van der Waals surface area contributed by atoms with Crippen LogP contribution in [0, 0.1) is 12.3 Å². The smallest absolute Gasteiger partial charge is 0.334 e. The number of fused-ring (bicyclic) bond motifs is 1. The molecule has 0 saturated carbocycles. The van der Waals surface area contributed by atoms with Gasteiger partial charge >= 0.3 is 23.9 Å². The molecule has 1 aromatic carbocycles. The number of aryl methyl sites for hydroxylation is 1. The molecule has 4 heterocycles. The molecule has 2 aromatic heterocycles. The molecule has 7 N–H and O–H groups in total. The molecule has 0 spiro atoms. The molecule has 24 heteroatoms. The average Bonchev–Trinajstić information content (AvgIpc) is 3.71. The number of carboxylic acids is 1. The van der Waals surface area contributed by atoms with Crippen LogP contribution in [0.15, 0.2) is 27.9 Å². The first-order valence-corrected chi connectivity index (χ1v) is 18.4. The number of aromatic nitrogens is 3. The second kappa shape index (κ2) is 16.8. The third-order valence-electron chi connectivity index (χ3n) is 7.25. The number of hydrogen-bond donors (Lipinski definition) is 6. The number of thiazole rings is 1. The van der Waals surface area contributed by atoms with E-state index < -0.39 is 64.5 Å². The largest absolute Gasteiger partial charge is 0.481 e. The van der Waals surface area contributed by atoms with Gasteiger partial charge in [-0.15, -0.1) is 45.7 Å². The number of hydrogen-bond acceptors (Lipinski definition) is 17. The molecule has 3 unspecified atom stereocenters. The Morgan fingerprint density at radius 2 is 1.83 bits per heavy atom. The van der Waals surface area contributed by atoms with Crippen molar-refractivity contribution in [3.05, 3.63) is 39.8 Å². The molecule has 4 atom stereocenters. The lowest BCUT2D eigenvalue weighted by molar-refractivity contribution is -0.157. The van der Waals surface area contributed by atoms with E-state index in [1.165, 1.54) is 57.3 Å². The van der Waals surface area contributed by atoms with Gasteiger partial charge in [0.15, 0.2) is 27.0 Å². The number of amides is 5. The van der Waals surface area contributed by atoms with Gasteiger partial charge in [-0.25, -0.2) is 15.2 Å². The van der Waals surface area contributed by atoms with Crippen LogP contribution in [0.3, 0.4) is 0 Å². The minimum absolute atomic E-state index is 0. The van der Waals surface area contributed by atoms with Crippen molar-refractivity contribution in [3.8, 4) is 11.5 Å². The van der Waals surface area contributed by atoms with E-state index in [1.807, 2.05) is 0 Å². The number of esters is 2. The van der Waals surface area contributed by atoms with Gasteiger partial charge in [0.05, 0.1) is 5.69 Å². The van der Waals surface area contributed by atoms with E-state index in [-0.39, 0.29) is 58.3 Å². The van der Waals surface area contributed by atoms with Gasteiger partial charge in [0.2, 0.25) is 11.8 Å². The SMILES string of the molecule is CC(=O)Oc1ccc(C(=O)NNC(=O)NC(C(=O)NC2C(=O)N3CC(CSc4nnc(C)s4)(C(=O)O)CS[C@H]23)c2csc(N)n2)cc1OC(C)=O.Cl. The van der Waals surface area contributed by atoms with Gasteiger partial charge in [0.1, 0.15) is 21.8 Å². The van der Waals surface area contributed by atoms with Gasteiger partial charge in [0, 0.05) is 42.8 Å². The third kappa shape index (κ3) is 9.20. The number of urea groups is 1. The zero-order valence-corrected chi connectivity index (χ0v) is 31.3. The van der Waals surface area contributed by atoms with Crippen LogP contribution in [0.4, 0.5) is 9.93 Å². The maximum atomic E-state index is 13.5. The summed E-state index contributed by atoms with van der Waals surface area (Å²) in [4.78, 5) is 93.1. The van der Waals surface area contributed by atoms with E-state index in [0.29, 0.717) is 4.34 Å². The standard InChI is InChI=1S/C28H29N9O10S4.ClH/c1-11-33-36-27(51-11)50-10-28(24(43)44)8-37-22(42)19(23(37)49-9-28)31-21(41)18(15-7-48-25(29)30-15)32-26(45)35-34-20(40)14-4-5-16(46-12(2)38)17(6-14)47-13(3)39;/h4-7,18-19,23H,8-10H2,1-3H3,(H2,29,30)(H,31,41)(H,34,40)(H,43,44)(H2,32,35,45);1H/t18?,19?,23-,28?;/m1./s1. The lowest BCUT2D eigenvalue weighted by Crippen LogP contribution is -2.74. The first kappa shape index (κ1) is 40.1. The first-order chi connectivity index (χ1) is 24.2. The number of hydrazine groups is 1. The molecule has 52 heavy (non-hydrogen) atoms. The van der Waals surface area contributed by atoms with Crippen molar-refractivity contribution in [3.63, 3.8) is 0 Å². The Kier molecular flexibility index (Phi) is 12.9. The van der Waals surface area contributed by atoms with Crippen LogP contribution < -0.4 is 36.7 Å². The summed E-state index contributed by atoms with van der Waals surface area (Å²) in [6, 6.07) is 0.0527. The fourth-order valence-electron chi connectivity index (χ4n) is 4.86. The van der Waals surface area contributed by atoms with E-state index >= 15 is 0 Å². The highest BCUT2D eigenvalue weighted by atomic mass is 35.5. The number of nitrogens with two attached hydrogens (primary N) is 1. The number of carboxylic acid groups (broad SMARTS) is 1. The van der Waals surface area contributed by atoms with Crippen LogP contribution >= 0.6 is 58.6 Å². The lowest BCUT2D eigenvalue weighted by Gasteiger charge is -2.53. The van der Waals surface area contributed by atoms with E-state index in [2.05, 4.69) is 36.7 Å². The van der Waals surface area contributed by atoms with Crippen molar-refractivity contribution >= 4 is 105 Å². The Bertz CT molecular complexity index is 1910. The van der Waals surface area contributed by atoms with Crippen LogP contribution in [-0.2, 0) is 24.0 Å². The molecule has 2 fully saturated rings. The number of β-lactam (4-membered cyclic amide) rings is 1. The van der Waals surface area contributed by atoms with Crippen molar-refractivity contribution in [1.29, 1.82) is 0 Å². The molecule has 5 rings (SSSR count). The molecule has 0 aliphatic carbocycles. The van der Waals surface area contributed by atoms with Gasteiger partial charge in [0.25, 0.3) is 5.91 Å². The summed E-state index contributed by atoms with van der Waals surface area (Å²) in [7, 11) is 0. The maximum absolute atomic E-state index is 13.5. The van der Waals surface area contributed by atoms with E-state index in [9.17, 15) is 38.7 Å². The van der Waals surface area contributed by atoms with Crippen molar-refractivity contribution < 1.29 is 48.1 Å². The zero-order chi connectivity index (χ0) is 37.0. The van der Waals surface area contributed by atoms with Gasteiger partial charge in [-0.2, -0.15) is 0 Å². The van der Waals surface area contributed by atoms with Crippen molar-refractivity contribution in [1.82, 2.24) is 41.6 Å². The quantitative estimate of drug-likeness (QED) is 0.0520. The predicted octanol–water partition coefficient (Wildman–Crippen LogP) is 1.11. The summed E-state index contributed by atoms with van der Waals surface area (Å²) in [6.07, 6.45) is 0. The van der Waals surface area contributed by atoms with Crippen molar-refractivity contribution in [2.75, 3.05) is 23.8 Å². The van der Waals surface area contributed by atoms with E-state index in [4.69, 9.17) is 15.2 Å². The summed E-state index contributed by atoms with van der Waals surface area (Å²) in [5, 5.41) is 24.8. The number of nitrogens with one attached hydrogen (secondary N) is 4. The number of ether oxygens (including phenoxy) is 2. The van der Waals surface area contributed by atoms with Crippen LogP contribution in [0.5, 0.6) is 11.5 Å². The first-order valence-electron chi connectivity index (χ1n) is 14.6. The highest BCUT2D eigenvalue weighted by Crippen LogP contribution is 2.45. The Morgan fingerprint density at radius 1 is 1.12 bits per heavy atom. The van der Waals surface area contributed by atoms with Gasteiger partial charge in [-0.1, -0.05) is 23.1 Å². The normalized spacial score (nSPS) is 19.4. The van der Waals surface area contributed by atoms with Crippen LogP contribution in [-0.4, -0.2) is 96.3 Å². The number of nitrogens with zero attached hydrogens (tertiary/aromatic N) is 4. The van der Waals surface area contributed by atoms with Gasteiger partial charge in [-0.3, -0.25) is 34.2 Å². The van der Waals surface area contributed by atoms with Crippen molar-refractivity contribution in [2.45, 2.75) is 42.6 Å².